The molecule has 0 radical (unpaired) electrons. The van der Waals surface area contributed by atoms with Gasteiger partial charge in [0.15, 0.2) is 0 Å². The molecule has 0 aliphatic carbocycles. The molecule has 6 nitrogen and oxygen atoms in total. The molecule has 0 aliphatic heterocycles. The summed E-state index contributed by atoms with van der Waals surface area (Å²) in [4.78, 5) is 11.9. The predicted octanol–water partition coefficient (Wildman–Crippen LogP) is 0.511. The van der Waals surface area contributed by atoms with Gasteiger partial charge in [-0.25, -0.2) is 0 Å². The molecule has 18 heavy (non-hydrogen) atoms. The van der Waals surface area contributed by atoms with Gasteiger partial charge in [0.25, 0.3) is 5.91 Å². The maximum Gasteiger partial charge on any atom is 0.256 e. The number of aromatic nitrogens is 1. The van der Waals surface area contributed by atoms with E-state index in [9.17, 15) is 4.79 Å². The number of rotatable bonds is 8. The molecule has 0 aromatic carbocycles. The molecule has 0 bridgehead atoms. The zero-order valence-corrected chi connectivity index (χ0v) is 11.2. The van der Waals surface area contributed by atoms with Crippen molar-refractivity contribution in [1.82, 2.24) is 15.8 Å². The maximum absolute atomic E-state index is 11.9. The molecule has 1 rings (SSSR count). The smallest absolute Gasteiger partial charge is 0.256 e. The van der Waals surface area contributed by atoms with E-state index in [2.05, 4.69) is 15.8 Å². The number of carbonyl (C=O) groups excluding carboxylic acids is 1. The largest absolute Gasteiger partial charge is 0.383 e. The summed E-state index contributed by atoms with van der Waals surface area (Å²) < 4.78 is 9.93. The van der Waals surface area contributed by atoms with Crippen molar-refractivity contribution < 1.29 is 14.1 Å². The highest BCUT2D eigenvalue weighted by Gasteiger charge is 2.18. The van der Waals surface area contributed by atoms with Crippen LogP contribution in [-0.4, -0.2) is 44.4 Å². The summed E-state index contributed by atoms with van der Waals surface area (Å²) in [5.41, 5.74) is 1.27. The molecule has 1 aromatic rings. The molecule has 1 amide bonds. The SMILES string of the molecule is CCc1noc(C)c1C(=O)NCCNCCOC. The number of nitrogens with zero attached hydrogens (tertiary/aromatic N) is 1. The fraction of sp³-hybridized carbons (Fsp3) is 0.667. The van der Waals surface area contributed by atoms with Crippen molar-refractivity contribution in [1.29, 1.82) is 0 Å². The van der Waals surface area contributed by atoms with Crippen molar-refractivity contribution in [3.63, 3.8) is 0 Å². The number of methoxy groups -OCH3 is 1. The minimum Gasteiger partial charge on any atom is -0.383 e. The summed E-state index contributed by atoms with van der Waals surface area (Å²) >= 11 is 0. The Morgan fingerprint density at radius 3 is 2.83 bits per heavy atom. The van der Waals surface area contributed by atoms with Crippen LogP contribution in [0.4, 0.5) is 0 Å². The van der Waals surface area contributed by atoms with Gasteiger partial charge in [0.2, 0.25) is 0 Å². The third-order valence-corrected chi connectivity index (χ3v) is 2.57. The molecule has 6 heteroatoms. The van der Waals surface area contributed by atoms with Gasteiger partial charge in [-0.1, -0.05) is 12.1 Å². The molecule has 0 aliphatic rings. The van der Waals surface area contributed by atoms with Crippen molar-refractivity contribution in [2.45, 2.75) is 20.3 Å². The van der Waals surface area contributed by atoms with Gasteiger partial charge < -0.3 is 19.9 Å². The van der Waals surface area contributed by atoms with Gasteiger partial charge in [-0.2, -0.15) is 0 Å². The molecule has 2 N–H and O–H groups in total. The fourth-order valence-corrected chi connectivity index (χ4v) is 1.60. The Kier molecular flexibility index (Phi) is 6.38. The molecule has 0 spiro atoms. The Bertz CT molecular complexity index is 377. The van der Waals surface area contributed by atoms with Crippen molar-refractivity contribution in [3.05, 3.63) is 17.0 Å². The van der Waals surface area contributed by atoms with Gasteiger partial charge in [0.1, 0.15) is 11.3 Å². The van der Waals surface area contributed by atoms with E-state index in [1.807, 2.05) is 6.92 Å². The summed E-state index contributed by atoms with van der Waals surface area (Å²) in [6, 6.07) is 0. The lowest BCUT2D eigenvalue weighted by atomic mass is 10.1. The Balaban J connectivity index is 2.34. The number of amides is 1. The van der Waals surface area contributed by atoms with Gasteiger partial charge in [-0.3, -0.25) is 4.79 Å². The van der Waals surface area contributed by atoms with E-state index in [1.54, 1.807) is 14.0 Å². The number of hydrogen-bond acceptors (Lipinski definition) is 5. The monoisotopic (exact) mass is 255 g/mol. The Labute approximate surface area is 107 Å². The van der Waals surface area contributed by atoms with Crippen LogP contribution >= 0.6 is 0 Å². The second kappa shape index (κ2) is 7.84. The van der Waals surface area contributed by atoms with Crippen LogP contribution in [-0.2, 0) is 11.2 Å². The van der Waals surface area contributed by atoms with Crippen molar-refractivity contribution in [2.75, 3.05) is 33.4 Å². The van der Waals surface area contributed by atoms with E-state index in [0.717, 1.165) is 6.54 Å². The van der Waals surface area contributed by atoms with Crippen LogP contribution in [0.2, 0.25) is 0 Å². The normalized spacial score (nSPS) is 10.6. The maximum atomic E-state index is 11.9. The van der Waals surface area contributed by atoms with Crippen LogP contribution in [0.15, 0.2) is 4.52 Å². The summed E-state index contributed by atoms with van der Waals surface area (Å²) in [6.07, 6.45) is 0.687. The highest BCUT2D eigenvalue weighted by atomic mass is 16.5. The van der Waals surface area contributed by atoms with Crippen LogP contribution < -0.4 is 10.6 Å². The molecule has 0 unspecified atom stereocenters. The minimum absolute atomic E-state index is 0.126. The molecule has 0 atom stereocenters. The second-order valence-corrected chi connectivity index (χ2v) is 3.91. The van der Waals surface area contributed by atoms with Crippen LogP contribution in [0.5, 0.6) is 0 Å². The van der Waals surface area contributed by atoms with Crippen molar-refractivity contribution in [3.8, 4) is 0 Å². The summed E-state index contributed by atoms with van der Waals surface area (Å²) in [5.74, 6) is 0.441. The summed E-state index contributed by atoms with van der Waals surface area (Å²) in [5, 5.41) is 9.84. The standard InChI is InChI=1S/C12H21N3O3/c1-4-10-11(9(2)18-15-10)12(16)14-6-5-13-7-8-17-3/h13H,4-8H2,1-3H3,(H,14,16). The molecule has 0 saturated carbocycles. The lowest BCUT2D eigenvalue weighted by molar-refractivity contribution is 0.0951. The van der Waals surface area contributed by atoms with E-state index < -0.39 is 0 Å². The average molecular weight is 255 g/mol. The van der Waals surface area contributed by atoms with Gasteiger partial charge in [-0.15, -0.1) is 0 Å². The lowest BCUT2D eigenvalue weighted by Gasteiger charge is -2.06. The lowest BCUT2D eigenvalue weighted by Crippen LogP contribution is -2.33. The molecular weight excluding hydrogens is 234 g/mol. The van der Waals surface area contributed by atoms with Crippen LogP contribution in [0.25, 0.3) is 0 Å². The van der Waals surface area contributed by atoms with E-state index in [-0.39, 0.29) is 5.91 Å². The first-order valence-corrected chi connectivity index (χ1v) is 6.13. The number of nitrogens with one attached hydrogen (secondary N) is 2. The second-order valence-electron chi connectivity index (χ2n) is 3.91. The first-order chi connectivity index (χ1) is 8.70. The van der Waals surface area contributed by atoms with Gasteiger partial charge in [-0.05, 0) is 13.3 Å². The zero-order chi connectivity index (χ0) is 13.4. The third kappa shape index (κ3) is 4.12. The number of carbonyl (C=O) groups is 1. The number of hydrogen-bond donors (Lipinski definition) is 2. The first-order valence-electron chi connectivity index (χ1n) is 6.13. The number of aryl methyl sites for hydroxylation is 2. The van der Waals surface area contributed by atoms with Crippen LogP contribution in [0, 0.1) is 6.92 Å². The highest BCUT2D eigenvalue weighted by molar-refractivity contribution is 5.96. The van der Waals surface area contributed by atoms with Crippen LogP contribution in [0.1, 0.15) is 28.7 Å². The Morgan fingerprint density at radius 2 is 2.17 bits per heavy atom. The van der Waals surface area contributed by atoms with Crippen LogP contribution in [0.3, 0.4) is 0 Å². The minimum atomic E-state index is -0.126. The fourth-order valence-electron chi connectivity index (χ4n) is 1.60. The summed E-state index contributed by atoms with van der Waals surface area (Å²) in [6.45, 7) is 6.41. The molecular formula is C12H21N3O3. The average Bonchev–Trinajstić information content (AvgIpc) is 2.74. The third-order valence-electron chi connectivity index (χ3n) is 2.57. The van der Waals surface area contributed by atoms with E-state index in [1.165, 1.54) is 0 Å². The van der Waals surface area contributed by atoms with Crippen molar-refractivity contribution >= 4 is 5.91 Å². The quantitative estimate of drug-likeness (QED) is 0.662. The van der Waals surface area contributed by atoms with E-state index in [0.29, 0.717) is 43.1 Å². The topological polar surface area (TPSA) is 76.4 Å². The van der Waals surface area contributed by atoms with Gasteiger partial charge in [0, 0.05) is 26.7 Å². The molecule has 1 aromatic heterocycles. The molecule has 102 valence electrons. The van der Waals surface area contributed by atoms with E-state index in [4.69, 9.17) is 9.26 Å². The van der Waals surface area contributed by atoms with Crippen molar-refractivity contribution in [2.24, 2.45) is 0 Å². The predicted molar refractivity (Wildman–Crippen MR) is 67.7 cm³/mol. The number of ether oxygens (including phenoxy) is 1. The Hall–Kier alpha value is -1.40. The van der Waals surface area contributed by atoms with Gasteiger partial charge >= 0.3 is 0 Å². The molecule has 0 saturated heterocycles. The van der Waals surface area contributed by atoms with Gasteiger partial charge in [0.05, 0.1) is 12.3 Å². The zero-order valence-electron chi connectivity index (χ0n) is 11.2. The highest BCUT2D eigenvalue weighted by Crippen LogP contribution is 2.13. The molecule has 0 fully saturated rings. The first kappa shape index (κ1) is 14.7. The molecule has 1 heterocycles. The van der Waals surface area contributed by atoms with E-state index >= 15 is 0 Å². The Morgan fingerprint density at radius 1 is 1.39 bits per heavy atom. The summed E-state index contributed by atoms with van der Waals surface area (Å²) in [7, 11) is 1.66.